The van der Waals surface area contributed by atoms with Gasteiger partial charge in [0.15, 0.2) is 0 Å². The number of allylic oxidation sites excluding steroid dienone is 1. The van der Waals surface area contributed by atoms with Gasteiger partial charge in [-0.1, -0.05) is 63.5 Å². The zero-order valence-electron chi connectivity index (χ0n) is 23.6. The first-order chi connectivity index (χ1) is 17.7. The molecule has 3 fully saturated rings. The Bertz CT molecular complexity index is 839. The predicted octanol–water partition coefficient (Wildman–Crippen LogP) is 7.97. The van der Waals surface area contributed by atoms with E-state index in [2.05, 4.69) is 19.3 Å². The number of aliphatic hydroxyl groups is 1. The van der Waals surface area contributed by atoms with Gasteiger partial charge >= 0.3 is 5.97 Å². The Morgan fingerprint density at radius 3 is 2.38 bits per heavy atom. The third kappa shape index (κ3) is 6.34. The third-order valence-corrected chi connectivity index (χ3v) is 11.8. The molecule has 0 heterocycles. The summed E-state index contributed by atoms with van der Waals surface area (Å²) in [5, 5.41) is 20.4. The number of aliphatic carboxylic acids is 1. The van der Waals surface area contributed by atoms with Crippen LogP contribution in [0, 0.1) is 28.6 Å². The second-order valence-corrected chi connectivity index (χ2v) is 14.3. The molecule has 0 radical (unpaired) electrons. The van der Waals surface area contributed by atoms with Crippen LogP contribution in [0.4, 0.5) is 0 Å². The molecular weight excluding hydrogens is 480 g/mol. The van der Waals surface area contributed by atoms with Crippen molar-refractivity contribution in [2.75, 3.05) is 12.0 Å². The molecule has 0 saturated heterocycles. The summed E-state index contributed by atoms with van der Waals surface area (Å²) in [6, 6.07) is 0. The van der Waals surface area contributed by atoms with Crippen LogP contribution in [0.15, 0.2) is 11.6 Å². The third-order valence-electron chi connectivity index (χ3n) is 11.2. The van der Waals surface area contributed by atoms with Crippen molar-refractivity contribution in [3.8, 4) is 0 Å². The fraction of sp³-hybridized carbons (Fsp3) is 0.875. The fourth-order valence-electron chi connectivity index (χ4n) is 9.05. The Labute approximate surface area is 229 Å². The highest BCUT2D eigenvalue weighted by Crippen LogP contribution is 2.66. The minimum Gasteiger partial charge on any atom is -0.481 e. The van der Waals surface area contributed by atoms with Crippen molar-refractivity contribution in [1.29, 1.82) is 0 Å². The largest absolute Gasteiger partial charge is 0.481 e. The molecule has 0 aromatic carbocycles. The summed E-state index contributed by atoms with van der Waals surface area (Å²) in [5.41, 5.74) is 1.23. The Morgan fingerprint density at radius 2 is 1.68 bits per heavy atom. The number of carboxylic acids is 1. The monoisotopic (exact) mass is 532 g/mol. The number of rotatable bonds is 14. The van der Waals surface area contributed by atoms with Crippen LogP contribution in [-0.4, -0.2) is 39.6 Å². The van der Waals surface area contributed by atoms with E-state index in [0.29, 0.717) is 30.0 Å². The molecule has 4 aliphatic rings. The predicted molar refractivity (Wildman–Crippen MR) is 153 cm³/mol. The van der Waals surface area contributed by atoms with Gasteiger partial charge in [0.2, 0.25) is 0 Å². The molecule has 4 nitrogen and oxygen atoms in total. The Balaban J connectivity index is 1.30. The first kappa shape index (κ1) is 29.2. The molecule has 6 atom stereocenters. The molecule has 4 rings (SSSR count). The summed E-state index contributed by atoms with van der Waals surface area (Å²) >= 11 is 1.96. The summed E-state index contributed by atoms with van der Waals surface area (Å²) in [6.45, 7) is 2.27. The highest BCUT2D eigenvalue weighted by Gasteiger charge is 2.60. The van der Waals surface area contributed by atoms with Crippen molar-refractivity contribution >= 4 is 23.5 Å². The molecule has 0 bridgehead atoms. The number of Topliss-reactive ketones (excluding diaryl/α,β-unsaturated/α-hetero) is 1. The van der Waals surface area contributed by atoms with E-state index < -0.39 is 11.6 Å². The van der Waals surface area contributed by atoms with Crippen molar-refractivity contribution in [1.82, 2.24) is 0 Å². The average molecular weight is 533 g/mol. The van der Waals surface area contributed by atoms with Crippen LogP contribution in [0.3, 0.4) is 0 Å². The maximum atomic E-state index is 12.8. The molecule has 3 saturated carbocycles. The second kappa shape index (κ2) is 12.6. The summed E-state index contributed by atoms with van der Waals surface area (Å²) in [7, 11) is 0. The number of ketones is 1. The standard InChI is InChI=1S/C32H52O4S/c1-30-18-16-27-25(26(30)14-15-28(30)33)13-12-24-23-31(36,19-20-32(24,27)21-22-37-2)17-10-8-6-4-3-5-7-9-11-29(34)35/h12,25-27,36H,3-11,13-23H2,1-2H3,(H,34,35)/t25-,26-,27-,30-,31-,32+/m0/s1. The minimum atomic E-state index is -0.682. The first-order valence-corrected chi connectivity index (χ1v) is 16.8. The van der Waals surface area contributed by atoms with Gasteiger partial charge in [0, 0.05) is 18.3 Å². The van der Waals surface area contributed by atoms with Crippen LogP contribution < -0.4 is 0 Å². The van der Waals surface area contributed by atoms with Gasteiger partial charge in [0.05, 0.1) is 5.60 Å². The summed E-state index contributed by atoms with van der Waals surface area (Å²) in [6.07, 6.45) is 24.4. The number of thioether (sulfide) groups is 1. The maximum Gasteiger partial charge on any atom is 0.303 e. The fourth-order valence-corrected chi connectivity index (χ4v) is 9.61. The summed E-state index contributed by atoms with van der Waals surface area (Å²) in [4.78, 5) is 23.4. The van der Waals surface area contributed by atoms with E-state index in [-0.39, 0.29) is 10.8 Å². The Morgan fingerprint density at radius 1 is 0.973 bits per heavy atom. The van der Waals surface area contributed by atoms with Crippen molar-refractivity contribution < 1.29 is 19.8 Å². The zero-order chi connectivity index (χ0) is 26.5. The first-order valence-electron chi connectivity index (χ1n) is 15.4. The van der Waals surface area contributed by atoms with Gasteiger partial charge in [-0.3, -0.25) is 9.59 Å². The lowest BCUT2D eigenvalue weighted by atomic mass is 9.46. The van der Waals surface area contributed by atoms with Crippen LogP contribution >= 0.6 is 11.8 Å². The van der Waals surface area contributed by atoms with E-state index in [1.54, 1.807) is 5.57 Å². The Hall–Kier alpha value is -0.810. The number of carbonyl (C=O) groups excluding carboxylic acids is 1. The van der Waals surface area contributed by atoms with Crippen LogP contribution in [0.25, 0.3) is 0 Å². The molecule has 4 aliphatic carbocycles. The van der Waals surface area contributed by atoms with Gasteiger partial charge in [0.25, 0.3) is 0 Å². The molecule has 2 N–H and O–H groups in total. The molecule has 0 aromatic heterocycles. The molecule has 0 aliphatic heterocycles. The van der Waals surface area contributed by atoms with Gasteiger partial charge in [-0.15, -0.1) is 0 Å². The average Bonchev–Trinajstić information content (AvgIpc) is 3.18. The van der Waals surface area contributed by atoms with Crippen LogP contribution in [0.2, 0.25) is 0 Å². The molecular formula is C32H52O4S. The van der Waals surface area contributed by atoms with E-state index in [0.717, 1.165) is 77.0 Å². The van der Waals surface area contributed by atoms with Gasteiger partial charge in [-0.25, -0.2) is 0 Å². The minimum absolute atomic E-state index is 0.0684. The molecule has 0 unspecified atom stereocenters. The lowest BCUT2D eigenvalue weighted by Gasteiger charge is -2.59. The number of hydrogen-bond acceptors (Lipinski definition) is 4. The van der Waals surface area contributed by atoms with Crippen molar-refractivity contribution in [3.05, 3.63) is 11.6 Å². The van der Waals surface area contributed by atoms with E-state index >= 15 is 0 Å². The SMILES string of the molecule is CSCC[C@]12CC[C@@](O)(CCCCCCCCCCC(=O)O)CC1=CC[C@@H]1[C@@H]2CC[C@]2(C)C(=O)CC[C@@H]12. The Kier molecular flexibility index (Phi) is 9.92. The maximum absolute atomic E-state index is 12.8. The summed E-state index contributed by atoms with van der Waals surface area (Å²) in [5.74, 6) is 2.96. The van der Waals surface area contributed by atoms with Crippen molar-refractivity contribution in [3.63, 3.8) is 0 Å². The lowest BCUT2D eigenvalue weighted by molar-refractivity contribution is -0.137. The molecule has 5 heteroatoms. The summed E-state index contributed by atoms with van der Waals surface area (Å²) < 4.78 is 0. The van der Waals surface area contributed by atoms with E-state index in [1.165, 1.54) is 44.3 Å². The topological polar surface area (TPSA) is 74.6 Å². The van der Waals surface area contributed by atoms with Crippen LogP contribution in [0.5, 0.6) is 0 Å². The quantitative estimate of drug-likeness (QED) is 0.175. The van der Waals surface area contributed by atoms with Gasteiger partial charge in [0.1, 0.15) is 5.78 Å². The molecule has 210 valence electrons. The number of unbranched alkanes of at least 4 members (excludes halogenated alkanes) is 7. The normalized spacial score (nSPS) is 37.0. The number of fused-ring (bicyclic) bond motifs is 5. The zero-order valence-corrected chi connectivity index (χ0v) is 24.4. The molecule has 37 heavy (non-hydrogen) atoms. The number of hydrogen-bond donors (Lipinski definition) is 2. The number of carboxylic acid groups (broad SMARTS) is 1. The highest BCUT2D eigenvalue weighted by atomic mass is 32.2. The van der Waals surface area contributed by atoms with Gasteiger partial charge in [-0.2, -0.15) is 11.8 Å². The van der Waals surface area contributed by atoms with Crippen molar-refractivity contribution in [2.45, 2.75) is 135 Å². The van der Waals surface area contributed by atoms with E-state index in [9.17, 15) is 14.7 Å². The smallest absolute Gasteiger partial charge is 0.303 e. The van der Waals surface area contributed by atoms with E-state index in [4.69, 9.17) is 5.11 Å². The van der Waals surface area contributed by atoms with Gasteiger partial charge < -0.3 is 10.2 Å². The van der Waals surface area contributed by atoms with Gasteiger partial charge in [-0.05, 0) is 99.4 Å². The molecule has 0 aromatic rings. The number of carbonyl (C=O) groups is 2. The van der Waals surface area contributed by atoms with E-state index in [1.807, 2.05) is 11.8 Å². The second-order valence-electron chi connectivity index (χ2n) is 13.3. The lowest BCUT2D eigenvalue weighted by Crippen LogP contribution is -2.53. The van der Waals surface area contributed by atoms with Crippen LogP contribution in [0.1, 0.15) is 129 Å². The highest BCUT2D eigenvalue weighted by molar-refractivity contribution is 7.98. The molecule has 0 amide bonds. The molecule has 0 spiro atoms. The van der Waals surface area contributed by atoms with Crippen LogP contribution in [-0.2, 0) is 9.59 Å². The van der Waals surface area contributed by atoms with Crippen molar-refractivity contribution in [2.24, 2.45) is 28.6 Å².